The molecule has 1 N–H and O–H groups in total. The second-order valence-electron chi connectivity index (χ2n) is 9.04. The van der Waals surface area contributed by atoms with Crippen LogP contribution in [0, 0.1) is 5.41 Å². The van der Waals surface area contributed by atoms with E-state index >= 15 is 0 Å². The van der Waals surface area contributed by atoms with Gasteiger partial charge in [-0.2, -0.15) is 15.3 Å². The summed E-state index contributed by atoms with van der Waals surface area (Å²) >= 11 is 0. The van der Waals surface area contributed by atoms with Crippen LogP contribution in [0.5, 0.6) is 5.75 Å². The Balaban J connectivity index is 1.62. The molecule has 0 radical (unpaired) electrons. The molecule has 0 bridgehead atoms. The minimum atomic E-state index is 0.0593. The van der Waals surface area contributed by atoms with Crippen LogP contribution in [0.2, 0.25) is 0 Å². The van der Waals surface area contributed by atoms with Gasteiger partial charge in [0, 0.05) is 35.5 Å². The van der Waals surface area contributed by atoms with Crippen LogP contribution in [0.4, 0.5) is 0 Å². The molecule has 1 aliphatic heterocycles. The van der Waals surface area contributed by atoms with Gasteiger partial charge in [-0.05, 0) is 69.6 Å². The lowest BCUT2D eigenvalue weighted by Crippen LogP contribution is -2.58. The molecule has 152 valence electrons. The molecular formula is C23H29N5O. The van der Waals surface area contributed by atoms with Crippen molar-refractivity contribution in [1.82, 2.24) is 24.9 Å². The number of piperidine rings is 1. The van der Waals surface area contributed by atoms with Crippen molar-refractivity contribution in [1.29, 1.82) is 0 Å². The summed E-state index contributed by atoms with van der Waals surface area (Å²) in [6.07, 6.45) is 4.61. The third-order valence-corrected chi connectivity index (χ3v) is 7.22. The fourth-order valence-corrected chi connectivity index (χ4v) is 4.37. The van der Waals surface area contributed by atoms with Crippen LogP contribution in [0.3, 0.4) is 0 Å². The smallest absolute Gasteiger partial charge is 0.127 e. The number of phenolic OH excluding ortho intramolecular Hbond substituents is 1. The highest BCUT2D eigenvalue weighted by Crippen LogP contribution is 2.50. The lowest BCUT2D eigenvalue weighted by atomic mass is 9.61. The molecule has 1 aromatic carbocycles. The summed E-state index contributed by atoms with van der Waals surface area (Å²) in [6, 6.07) is 11.4. The molecule has 1 fully saturated rings. The Labute approximate surface area is 172 Å². The summed E-state index contributed by atoms with van der Waals surface area (Å²) in [5.41, 5.74) is 3.29. The van der Waals surface area contributed by atoms with Gasteiger partial charge < -0.3 is 10.0 Å². The maximum absolute atomic E-state index is 10.5. The van der Waals surface area contributed by atoms with Gasteiger partial charge in [0.15, 0.2) is 0 Å². The molecule has 6 heteroatoms. The van der Waals surface area contributed by atoms with Crippen LogP contribution in [-0.4, -0.2) is 49.1 Å². The molecule has 29 heavy (non-hydrogen) atoms. The molecular weight excluding hydrogens is 362 g/mol. The van der Waals surface area contributed by atoms with Crippen molar-refractivity contribution in [3.05, 3.63) is 54.5 Å². The zero-order valence-electron chi connectivity index (χ0n) is 17.8. The van der Waals surface area contributed by atoms with Crippen molar-refractivity contribution < 1.29 is 5.11 Å². The van der Waals surface area contributed by atoms with Crippen LogP contribution in [0.25, 0.3) is 16.9 Å². The highest BCUT2D eigenvalue weighted by atomic mass is 16.3. The van der Waals surface area contributed by atoms with Gasteiger partial charge in [-0.1, -0.05) is 13.8 Å². The standard InChI is InChI=1S/C23H29N5O/c1-22(2)18(11-14-27(5)23(22,3)4)20-10-9-19(25-26-20)17-8-7-16(15-21(17)29)28-13-6-12-24-28/h6-10,12-13,15,18,29H,11,14H2,1-5H3. The largest absolute Gasteiger partial charge is 0.507 e. The van der Waals surface area contributed by atoms with E-state index in [4.69, 9.17) is 0 Å². The Bertz CT molecular complexity index is 993. The van der Waals surface area contributed by atoms with Gasteiger partial charge in [-0.3, -0.25) is 0 Å². The van der Waals surface area contributed by atoms with Gasteiger partial charge in [-0.25, -0.2) is 4.68 Å². The van der Waals surface area contributed by atoms with Crippen molar-refractivity contribution in [3.63, 3.8) is 0 Å². The second kappa shape index (κ2) is 6.95. The normalized spacial score (nSPS) is 21.2. The summed E-state index contributed by atoms with van der Waals surface area (Å²) < 4.78 is 1.71. The van der Waals surface area contributed by atoms with Crippen LogP contribution in [0.15, 0.2) is 48.8 Å². The summed E-state index contributed by atoms with van der Waals surface area (Å²) in [4.78, 5) is 2.44. The number of aromatic nitrogens is 4. The van der Waals surface area contributed by atoms with Gasteiger partial charge >= 0.3 is 0 Å². The first kappa shape index (κ1) is 19.6. The van der Waals surface area contributed by atoms with Gasteiger partial charge in [0.05, 0.1) is 17.1 Å². The molecule has 4 rings (SSSR count). The maximum atomic E-state index is 10.5. The van der Waals surface area contributed by atoms with Crippen molar-refractivity contribution in [2.24, 2.45) is 5.41 Å². The van der Waals surface area contributed by atoms with E-state index in [1.54, 1.807) is 16.9 Å². The topological polar surface area (TPSA) is 67.1 Å². The first-order chi connectivity index (χ1) is 13.7. The number of nitrogens with zero attached hydrogens (tertiary/aromatic N) is 5. The molecule has 1 unspecified atom stereocenters. The second-order valence-corrected chi connectivity index (χ2v) is 9.04. The molecule has 0 spiro atoms. The highest BCUT2D eigenvalue weighted by molar-refractivity contribution is 5.68. The van der Waals surface area contributed by atoms with E-state index < -0.39 is 0 Å². The summed E-state index contributed by atoms with van der Waals surface area (Å²) in [5, 5.41) is 23.8. The Morgan fingerprint density at radius 3 is 2.48 bits per heavy atom. The van der Waals surface area contributed by atoms with Gasteiger partial charge in [0.25, 0.3) is 0 Å². The number of rotatable bonds is 3. The Morgan fingerprint density at radius 2 is 1.86 bits per heavy atom. The van der Waals surface area contributed by atoms with E-state index in [0.29, 0.717) is 17.2 Å². The maximum Gasteiger partial charge on any atom is 0.127 e. The van der Waals surface area contributed by atoms with E-state index in [1.165, 1.54) is 0 Å². The van der Waals surface area contributed by atoms with Crippen LogP contribution >= 0.6 is 0 Å². The molecule has 1 saturated heterocycles. The van der Waals surface area contributed by atoms with Crippen molar-refractivity contribution in [3.8, 4) is 22.7 Å². The van der Waals surface area contributed by atoms with Gasteiger partial charge in [-0.15, -0.1) is 0 Å². The predicted octanol–water partition coefficient (Wildman–Crippen LogP) is 4.26. The number of hydrogen-bond donors (Lipinski definition) is 1. The van der Waals surface area contributed by atoms with E-state index in [1.807, 2.05) is 30.5 Å². The Hall–Kier alpha value is -2.73. The first-order valence-corrected chi connectivity index (χ1v) is 10.1. The molecule has 3 heterocycles. The Morgan fingerprint density at radius 1 is 1.07 bits per heavy atom. The van der Waals surface area contributed by atoms with Crippen molar-refractivity contribution in [2.45, 2.75) is 45.6 Å². The van der Waals surface area contributed by atoms with E-state index in [-0.39, 0.29) is 16.7 Å². The van der Waals surface area contributed by atoms with Gasteiger partial charge in [0.1, 0.15) is 5.75 Å². The minimum absolute atomic E-state index is 0.0593. The number of aromatic hydroxyl groups is 1. The van der Waals surface area contributed by atoms with Crippen molar-refractivity contribution in [2.75, 3.05) is 13.6 Å². The van der Waals surface area contributed by atoms with Crippen LogP contribution in [0.1, 0.15) is 45.7 Å². The summed E-state index contributed by atoms with van der Waals surface area (Å²) in [6.45, 7) is 10.3. The van der Waals surface area contributed by atoms with E-state index in [0.717, 1.165) is 24.3 Å². The molecule has 6 nitrogen and oxygen atoms in total. The van der Waals surface area contributed by atoms with Crippen LogP contribution < -0.4 is 0 Å². The minimum Gasteiger partial charge on any atom is -0.507 e. The highest BCUT2D eigenvalue weighted by Gasteiger charge is 2.49. The number of benzene rings is 1. The van der Waals surface area contributed by atoms with Crippen molar-refractivity contribution >= 4 is 0 Å². The zero-order valence-corrected chi connectivity index (χ0v) is 17.8. The van der Waals surface area contributed by atoms with Gasteiger partial charge in [0.2, 0.25) is 0 Å². The molecule has 0 saturated carbocycles. The SMILES string of the molecule is CN1CCC(c2ccc(-c3ccc(-n4cccn4)cc3O)nn2)C(C)(C)C1(C)C. The third kappa shape index (κ3) is 3.21. The first-order valence-electron chi connectivity index (χ1n) is 10.1. The van der Waals surface area contributed by atoms with E-state index in [2.05, 4.69) is 61.0 Å². The molecule has 0 aliphatic carbocycles. The molecule has 2 aromatic heterocycles. The number of likely N-dealkylation sites (tertiary alicyclic amines) is 1. The quantitative estimate of drug-likeness (QED) is 0.723. The molecule has 0 amide bonds. The third-order valence-electron chi connectivity index (χ3n) is 7.22. The fraction of sp³-hybridized carbons (Fsp3) is 0.435. The average molecular weight is 392 g/mol. The Kier molecular flexibility index (Phi) is 4.69. The fourth-order valence-electron chi connectivity index (χ4n) is 4.37. The molecule has 1 aliphatic rings. The lowest BCUT2D eigenvalue weighted by Gasteiger charge is -2.56. The molecule has 1 atom stereocenters. The monoisotopic (exact) mass is 391 g/mol. The van der Waals surface area contributed by atoms with E-state index in [9.17, 15) is 5.11 Å². The lowest BCUT2D eigenvalue weighted by molar-refractivity contribution is -0.0314. The number of phenols is 1. The van der Waals surface area contributed by atoms with Crippen LogP contribution in [-0.2, 0) is 0 Å². The average Bonchev–Trinajstić information content (AvgIpc) is 3.22. The zero-order chi connectivity index (χ0) is 20.8. The summed E-state index contributed by atoms with van der Waals surface area (Å²) in [7, 11) is 2.20. The predicted molar refractivity (Wildman–Crippen MR) is 114 cm³/mol. The molecule has 3 aromatic rings. The summed E-state index contributed by atoms with van der Waals surface area (Å²) in [5.74, 6) is 0.506. The number of hydrogen-bond acceptors (Lipinski definition) is 5.